The minimum absolute atomic E-state index is 0.129. The lowest BCUT2D eigenvalue weighted by atomic mass is 10.00. The first-order valence-electron chi connectivity index (χ1n) is 10.0. The summed E-state index contributed by atoms with van der Waals surface area (Å²) in [6.07, 6.45) is 4.42. The molecule has 0 fully saturated rings. The summed E-state index contributed by atoms with van der Waals surface area (Å²) in [6, 6.07) is 7.14. The van der Waals surface area contributed by atoms with E-state index in [0.717, 1.165) is 5.56 Å². The molecule has 2 unspecified atom stereocenters. The van der Waals surface area contributed by atoms with Gasteiger partial charge in [0.2, 0.25) is 0 Å². The largest absolute Gasteiger partial charge is 0.483 e. The first-order valence-corrected chi connectivity index (χ1v) is 11.2. The fourth-order valence-electron chi connectivity index (χ4n) is 3.52. The molecular weight excluding hydrogens is 424 g/mol. The zero-order valence-electron chi connectivity index (χ0n) is 18.6. The van der Waals surface area contributed by atoms with Crippen LogP contribution in [0.15, 0.2) is 69.9 Å². The molecule has 2 atom stereocenters. The Morgan fingerprint density at radius 1 is 1.25 bits per heavy atom. The van der Waals surface area contributed by atoms with Gasteiger partial charge in [-0.15, -0.1) is 0 Å². The molecule has 0 spiro atoms. The van der Waals surface area contributed by atoms with Crippen LogP contribution in [0.1, 0.15) is 41.2 Å². The van der Waals surface area contributed by atoms with Gasteiger partial charge in [0.15, 0.2) is 16.2 Å². The summed E-state index contributed by atoms with van der Waals surface area (Å²) in [7, 11) is -1.81. The highest BCUT2D eigenvalue weighted by Crippen LogP contribution is 2.32. The van der Waals surface area contributed by atoms with Gasteiger partial charge in [0.25, 0.3) is 0 Å². The van der Waals surface area contributed by atoms with Gasteiger partial charge in [0, 0.05) is 22.4 Å². The molecule has 0 aliphatic heterocycles. The topological polar surface area (TPSA) is 95.4 Å². The molecule has 0 amide bonds. The normalized spacial score (nSPS) is 13.6. The number of fused-ring (bicyclic) bond motifs is 1. The predicted octanol–water partition coefficient (Wildman–Crippen LogP) is 4.99. The summed E-state index contributed by atoms with van der Waals surface area (Å²) < 4.78 is 24.3. The van der Waals surface area contributed by atoms with Crippen LogP contribution in [-0.4, -0.2) is 9.19 Å². The lowest BCUT2D eigenvalue weighted by Crippen LogP contribution is -2.14. The van der Waals surface area contributed by atoms with Crippen LogP contribution in [0.25, 0.3) is 16.5 Å². The number of ether oxygens (including phenoxy) is 1. The van der Waals surface area contributed by atoms with Crippen molar-refractivity contribution in [2.45, 2.75) is 38.8 Å². The van der Waals surface area contributed by atoms with Crippen molar-refractivity contribution >= 4 is 27.5 Å². The van der Waals surface area contributed by atoms with Crippen LogP contribution in [-0.2, 0) is 11.0 Å². The lowest BCUT2D eigenvalue weighted by molar-refractivity contribution is 0.219. The Hall–Kier alpha value is -3.29. The highest BCUT2D eigenvalue weighted by atomic mass is 32.2. The molecule has 3 aromatic rings. The molecule has 2 aromatic heterocycles. The Bertz CT molecular complexity index is 1340. The van der Waals surface area contributed by atoms with E-state index in [0.29, 0.717) is 44.9 Å². The molecule has 0 radical (unpaired) electrons. The van der Waals surface area contributed by atoms with Crippen molar-refractivity contribution in [1.82, 2.24) is 4.98 Å². The van der Waals surface area contributed by atoms with Crippen molar-refractivity contribution in [1.29, 1.82) is 0 Å². The number of nitrogens with zero attached hydrogens (tertiary/aromatic N) is 1. The van der Waals surface area contributed by atoms with Crippen LogP contribution in [0.2, 0.25) is 0 Å². The van der Waals surface area contributed by atoms with Gasteiger partial charge in [-0.1, -0.05) is 31.4 Å². The number of hydrogen-bond donors (Lipinski definition) is 1. The lowest BCUT2D eigenvalue weighted by Gasteiger charge is -2.19. The van der Waals surface area contributed by atoms with E-state index < -0.39 is 17.1 Å². The number of rotatable bonds is 7. The zero-order chi connectivity index (χ0) is 23.6. The SMILES string of the molecule is C=C/C=C(\C=C)c1oc2c(C(C)Oc3ccc(C)nc3S(N)=O)cc(C)cc2c(=O)c1C. The number of benzene rings is 1. The first-order chi connectivity index (χ1) is 15.2. The van der Waals surface area contributed by atoms with Crippen LogP contribution >= 0.6 is 0 Å². The highest BCUT2D eigenvalue weighted by molar-refractivity contribution is 7.82. The Balaban J connectivity index is 2.22. The number of aryl methyl sites for hydroxylation is 2. The van der Waals surface area contributed by atoms with E-state index in [9.17, 15) is 9.00 Å². The van der Waals surface area contributed by atoms with Crippen LogP contribution in [0.5, 0.6) is 5.75 Å². The third-order valence-corrected chi connectivity index (χ3v) is 5.74. The zero-order valence-corrected chi connectivity index (χ0v) is 19.4. The maximum atomic E-state index is 13.2. The molecule has 0 saturated carbocycles. The van der Waals surface area contributed by atoms with Crippen molar-refractivity contribution < 1.29 is 13.4 Å². The molecule has 0 bridgehead atoms. The smallest absolute Gasteiger partial charge is 0.196 e. The second-order valence-electron chi connectivity index (χ2n) is 7.49. The fourth-order valence-corrected chi connectivity index (χ4v) is 4.06. The van der Waals surface area contributed by atoms with E-state index in [2.05, 4.69) is 18.1 Å². The maximum Gasteiger partial charge on any atom is 0.196 e. The minimum Gasteiger partial charge on any atom is -0.483 e. The average Bonchev–Trinajstić information content (AvgIpc) is 2.75. The molecule has 0 aliphatic rings. The molecule has 1 aromatic carbocycles. The van der Waals surface area contributed by atoms with Crippen LogP contribution in [0.3, 0.4) is 0 Å². The molecule has 6 nitrogen and oxygen atoms in total. The average molecular weight is 451 g/mol. The fraction of sp³-hybridized carbons (Fsp3) is 0.200. The van der Waals surface area contributed by atoms with E-state index in [4.69, 9.17) is 14.3 Å². The van der Waals surface area contributed by atoms with Gasteiger partial charge in [-0.05, 0) is 57.5 Å². The van der Waals surface area contributed by atoms with Crippen molar-refractivity contribution in [3.63, 3.8) is 0 Å². The summed E-state index contributed by atoms with van der Waals surface area (Å²) in [4.78, 5) is 17.4. The molecule has 2 N–H and O–H groups in total. The number of aromatic nitrogens is 1. The Labute approximate surface area is 189 Å². The molecule has 0 saturated heterocycles. The molecule has 2 heterocycles. The molecule has 166 valence electrons. The Kier molecular flexibility index (Phi) is 6.91. The van der Waals surface area contributed by atoms with Gasteiger partial charge in [0.1, 0.15) is 28.4 Å². The third-order valence-electron chi connectivity index (χ3n) is 5.07. The molecule has 3 rings (SSSR count). The maximum absolute atomic E-state index is 13.2. The first kappa shape index (κ1) is 23.4. The standard InChI is InChI=1S/C25H26N2O4S/c1-7-9-18(8-2)23-16(5)22(28)20-13-14(3)12-19(24(20)31-23)17(6)30-21-11-10-15(4)27-25(21)32(26)29/h7-13,17H,1-2,26H2,3-6H3/b18-9+. The monoisotopic (exact) mass is 450 g/mol. The number of pyridine rings is 1. The molecule has 7 heteroatoms. The Morgan fingerprint density at radius 2 is 1.97 bits per heavy atom. The summed E-state index contributed by atoms with van der Waals surface area (Å²) in [5.41, 5.74) is 3.67. The van der Waals surface area contributed by atoms with Crippen molar-refractivity contribution in [3.05, 3.63) is 94.0 Å². The Morgan fingerprint density at radius 3 is 2.59 bits per heavy atom. The van der Waals surface area contributed by atoms with E-state index >= 15 is 0 Å². The van der Waals surface area contributed by atoms with Gasteiger partial charge in [-0.3, -0.25) is 4.79 Å². The van der Waals surface area contributed by atoms with Crippen molar-refractivity contribution in [2.75, 3.05) is 0 Å². The summed E-state index contributed by atoms with van der Waals surface area (Å²) in [5, 5.41) is 6.22. The number of nitrogens with two attached hydrogens (primary N) is 1. The van der Waals surface area contributed by atoms with Crippen molar-refractivity contribution in [2.24, 2.45) is 5.14 Å². The van der Waals surface area contributed by atoms with E-state index in [-0.39, 0.29) is 10.5 Å². The third kappa shape index (κ3) is 4.49. The predicted molar refractivity (Wildman–Crippen MR) is 129 cm³/mol. The van der Waals surface area contributed by atoms with Gasteiger partial charge in [0.05, 0.1) is 5.39 Å². The van der Waals surface area contributed by atoms with Crippen LogP contribution in [0, 0.1) is 20.8 Å². The van der Waals surface area contributed by atoms with Gasteiger partial charge in [-0.2, -0.15) is 0 Å². The van der Waals surface area contributed by atoms with Crippen LogP contribution in [0.4, 0.5) is 0 Å². The van der Waals surface area contributed by atoms with Crippen LogP contribution < -0.4 is 15.3 Å². The summed E-state index contributed by atoms with van der Waals surface area (Å²) in [5.74, 6) is 0.738. The van der Waals surface area contributed by atoms with Gasteiger partial charge >= 0.3 is 0 Å². The summed E-state index contributed by atoms with van der Waals surface area (Å²) in [6.45, 7) is 14.8. The van der Waals surface area contributed by atoms with Gasteiger partial charge < -0.3 is 9.15 Å². The molecular formula is C25H26N2O4S. The van der Waals surface area contributed by atoms with Crippen molar-refractivity contribution in [3.8, 4) is 5.75 Å². The molecule has 32 heavy (non-hydrogen) atoms. The number of allylic oxidation sites excluding steroid dienone is 4. The second-order valence-corrected chi connectivity index (χ2v) is 8.47. The van der Waals surface area contributed by atoms with Gasteiger partial charge in [-0.25, -0.2) is 14.3 Å². The van der Waals surface area contributed by atoms with E-state index in [1.165, 1.54) is 0 Å². The number of hydrogen-bond acceptors (Lipinski definition) is 5. The second kappa shape index (κ2) is 9.46. The summed E-state index contributed by atoms with van der Waals surface area (Å²) >= 11 is 0. The van der Waals surface area contributed by atoms with E-state index in [1.807, 2.05) is 19.9 Å². The quantitative estimate of drug-likeness (QED) is 0.512. The highest BCUT2D eigenvalue weighted by Gasteiger charge is 2.21. The molecule has 0 aliphatic carbocycles. The minimum atomic E-state index is -1.81. The van der Waals surface area contributed by atoms with E-state index in [1.54, 1.807) is 50.3 Å².